The number of para-hydroxylation sites is 1. The van der Waals surface area contributed by atoms with Gasteiger partial charge in [-0.1, -0.05) is 18.2 Å². The van der Waals surface area contributed by atoms with Crippen molar-refractivity contribution in [3.05, 3.63) is 29.8 Å². The van der Waals surface area contributed by atoms with Crippen molar-refractivity contribution in [2.75, 3.05) is 12.3 Å². The molecule has 1 fully saturated rings. The molecule has 0 bridgehead atoms. The van der Waals surface area contributed by atoms with Gasteiger partial charge >= 0.3 is 0 Å². The zero-order chi connectivity index (χ0) is 9.97. The maximum Gasteiger partial charge on any atom is 0.0584 e. The smallest absolute Gasteiger partial charge is 0.0584 e. The van der Waals surface area contributed by atoms with Crippen LogP contribution in [0.25, 0.3) is 0 Å². The Morgan fingerprint density at radius 1 is 1.36 bits per heavy atom. The number of hydrogen-bond acceptors (Lipinski definition) is 3. The molecule has 0 aliphatic carbocycles. The Kier molecular flexibility index (Phi) is 2.70. The van der Waals surface area contributed by atoms with E-state index in [1.165, 1.54) is 0 Å². The topological polar surface area (TPSA) is 58.3 Å². The van der Waals surface area contributed by atoms with Crippen molar-refractivity contribution >= 4 is 5.69 Å². The summed E-state index contributed by atoms with van der Waals surface area (Å²) >= 11 is 0. The lowest BCUT2D eigenvalue weighted by atomic mass is 10.0. The van der Waals surface area contributed by atoms with Crippen LogP contribution in [0, 0.1) is 0 Å². The molecular weight excluding hydrogens is 176 g/mol. The average Bonchev–Trinajstić information content (AvgIpc) is 2.67. The molecule has 2 rings (SSSR count). The Hall–Kier alpha value is -1.06. The lowest BCUT2D eigenvalue weighted by Crippen LogP contribution is -2.27. The van der Waals surface area contributed by atoms with Crippen LogP contribution in [0.5, 0.6) is 0 Å². The first kappa shape index (κ1) is 9.49. The van der Waals surface area contributed by atoms with Crippen LogP contribution in [0.15, 0.2) is 24.3 Å². The normalized spacial score (nSPS) is 26.6. The summed E-state index contributed by atoms with van der Waals surface area (Å²) in [5.41, 5.74) is 7.88. The number of nitrogens with one attached hydrogen (secondary N) is 1. The van der Waals surface area contributed by atoms with Gasteiger partial charge in [-0.15, -0.1) is 0 Å². The Bertz CT molecular complexity index is 314. The molecule has 3 nitrogen and oxygen atoms in total. The molecule has 1 aromatic rings. The minimum absolute atomic E-state index is 0.212. The lowest BCUT2D eigenvalue weighted by molar-refractivity contribution is 0.252. The standard InChI is InChI=1S/C11H16N2O/c12-10-4-2-1-3-9(10)11-6-5-8(7-14)13-11/h1-4,8,11,13-14H,5-7,12H2/t8-,11+/m0/s1. The fraction of sp³-hybridized carbons (Fsp3) is 0.455. The first-order valence-corrected chi connectivity index (χ1v) is 5.02. The predicted molar refractivity (Wildman–Crippen MR) is 56.8 cm³/mol. The highest BCUT2D eigenvalue weighted by Crippen LogP contribution is 2.29. The van der Waals surface area contributed by atoms with E-state index in [0.29, 0.717) is 6.04 Å². The molecule has 1 aliphatic rings. The van der Waals surface area contributed by atoms with Crippen molar-refractivity contribution in [3.8, 4) is 0 Å². The van der Waals surface area contributed by atoms with Gasteiger partial charge in [0, 0.05) is 17.8 Å². The van der Waals surface area contributed by atoms with Gasteiger partial charge in [-0.25, -0.2) is 0 Å². The number of aliphatic hydroxyl groups is 1. The van der Waals surface area contributed by atoms with E-state index in [4.69, 9.17) is 10.8 Å². The van der Waals surface area contributed by atoms with Gasteiger partial charge in [0.25, 0.3) is 0 Å². The Labute approximate surface area is 83.9 Å². The number of nitrogens with two attached hydrogens (primary N) is 1. The van der Waals surface area contributed by atoms with E-state index >= 15 is 0 Å². The van der Waals surface area contributed by atoms with Gasteiger partial charge in [0.15, 0.2) is 0 Å². The monoisotopic (exact) mass is 192 g/mol. The molecule has 4 N–H and O–H groups in total. The fourth-order valence-electron chi connectivity index (χ4n) is 2.04. The van der Waals surface area contributed by atoms with Crippen LogP contribution in [-0.4, -0.2) is 17.8 Å². The van der Waals surface area contributed by atoms with E-state index in [2.05, 4.69) is 5.32 Å². The van der Waals surface area contributed by atoms with E-state index in [1.807, 2.05) is 24.3 Å². The highest BCUT2D eigenvalue weighted by molar-refractivity contribution is 5.48. The molecule has 1 aliphatic heterocycles. The molecule has 3 heteroatoms. The maximum absolute atomic E-state index is 9.01. The number of nitrogen functional groups attached to an aromatic ring is 1. The summed E-state index contributed by atoms with van der Waals surface area (Å²) in [5.74, 6) is 0. The van der Waals surface area contributed by atoms with Crippen LogP contribution >= 0.6 is 0 Å². The van der Waals surface area contributed by atoms with Gasteiger partial charge in [0.05, 0.1) is 6.61 Å². The zero-order valence-electron chi connectivity index (χ0n) is 8.11. The van der Waals surface area contributed by atoms with E-state index < -0.39 is 0 Å². The molecule has 76 valence electrons. The molecule has 1 heterocycles. The van der Waals surface area contributed by atoms with Crippen molar-refractivity contribution in [2.45, 2.75) is 24.9 Å². The summed E-state index contributed by atoms with van der Waals surface area (Å²) in [5, 5.41) is 12.4. The van der Waals surface area contributed by atoms with Crippen molar-refractivity contribution in [3.63, 3.8) is 0 Å². The van der Waals surface area contributed by atoms with E-state index in [0.717, 1.165) is 24.1 Å². The van der Waals surface area contributed by atoms with Crippen LogP contribution in [-0.2, 0) is 0 Å². The Morgan fingerprint density at radius 2 is 2.14 bits per heavy atom. The van der Waals surface area contributed by atoms with Crippen LogP contribution in [0.4, 0.5) is 5.69 Å². The van der Waals surface area contributed by atoms with Crippen molar-refractivity contribution < 1.29 is 5.11 Å². The summed E-state index contributed by atoms with van der Waals surface area (Å²) in [7, 11) is 0. The molecule has 0 unspecified atom stereocenters. The summed E-state index contributed by atoms with van der Waals surface area (Å²) in [4.78, 5) is 0. The van der Waals surface area contributed by atoms with Gasteiger partial charge in [-0.05, 0) is 24.5 Å². The van der Waals surface area contributed by atoms with Crippen LogP contribution < -0.4 is 11.1 Å². The Morgan fingerprint density at radius 3 is 2.79 bits per heavy atom. The van der Waals surface area contributed by atoms with Gasteiger partial charge in [-0.2, -0.15) is 0 Å². The lowest BCUT2D eigenvalue weighted by Gasteiger charge is -2.14. The second kappa shape index (κ2) is 3.98. The van der Waals surface area contributed by atoms with Crippen molar-refractivity contribution in [1.29, 1.82) is 0 Å². The number of hydrogen-bond donors (Lipinski definition) is 3. The molecular formula is C11H16N2O. The largest absolute Gasteiger partial charge is 0.398 e. The number of aliphatic hydroxyl groups excluding tert-OH is 1. The molecule has 0 saturated carbocycles. The molecule has 14 heavy (non-hydrogen) atoms. The third kappa shape index (κ3) is 1.74. The first-order valence-electron chi connectivity index (χ1n) is 5.02. The van der Waals surface area contributed by atoms with E-state index in [-0.39, 0.29) is 12.6 Å². The second-order valence-electron chi connectivity index (χ2n) is 3.81. The van der Waals surface area contributed by atoms with Gasteiger partial charge in [-0.3, -0.25) is 0 Å². The van der Waals surface area contributed by atoms with Crippen LogP contribution in [0.2, 0.25) is 0 Å². The minimum Gasteiger partial charge on any atom is -0.398 e. The molecule has 0 spiro atoms. The highest BCUT2D eigenvalue weighted by atomic mass is 16.3. The molecule has 2 atom stereocenters. The third-order valence-electron chi connectivity index (χ3n) is 2.83. The molecule has 1 saturated heterocycles. The van der Waals surface area contributed by atoms with Crippen molar-refractivity contribution in [1.82, 2.24) is 5.32 Å². The molecule has 0 radical (unpaired) electrons. The van der Waals surface area contributed by atoms with E-state index in [1.54, 1.807) is 0 Å². The second-order valence-corrected chi connectivity index (χ2v) is 3.81. The zero-order valence-corrected chi connectivity index (χ0v) is 8.11. The summed E-state index contributed by atoms with van der Waals surface area (Å²) in [6, 6.07) is 8.46. The van der Waals surface area contributed by atoms with Gasteiger partial charge in [0.1, 0.15) is 0 Å². The Balaban J connectivity index is 2.13. The number of rotatable bonds is 2. The van der Waals surface area contributed by atoms with E-state index in [9.17, 15) is 0 Å². The maximum atomic E-state index is 9.01. The number of anilines is 1. The van der Waals surface area contributed by atoms with Crippen LogP contribution in [0.1, 0.15) is 24.4 Å². The summed E-state index contributed by atoms with van der Waals surface area (Å²) in [6.07, 6.45) is 2.08. The molecule has 1 aromatic carbocycles. The third-order valence-corrected chi connectivity index (χ3v) is 2.83. The number of benzene rings is 1. The first-order chi connectivity index (χ1) is 6.81. The predicted octanol–water partition coefficient (Wildman–Crippen LogP) is 1.05. The summed E-state index contributed by atoms with van der Waals surface area (Å²) < 4.78 is 0. The average molecular weight is 192 g/mol. The fourth-order valence-corrected chi connectivity index (χ4v) is 2.04. The SMILES string of the molecule is Nc1ccccc1[C@H]1CC[C@@H](CO)N1. The molecule has 0 amide bonds. The quantitative estimate of drug-likeness (QED) is 0.614. The highest BCUT2D eigenvalue weighted by Gasteiger charge is 2.24. The van der Waals surface area contributed by atoms with Crippen molar-refractivity contribution in [2.24, 2.45) is 0 Å². The van der Waals surface area contributed by atoms with Crippen LogP contribution in [0.3, 0.4) is 0 Å². The summed E-state index contributed by atoms with van der Waals surface area (Å²) in [6.45, 7) is 0.212. The molecule has 0 aromatic heterocycles. The van der Waals surface area contributed by atoms with Gasteiger partial charge < -0.3 is 16.2 Å². The van der Waals surface area contributed by atoms with Gasteiger partial charge in [0.2, 0.25) is 0 Å². The minimum atomic E-state index is 0.212.